The molecule has 2 aromatic carbocycles. The van der Waals surface area contributed by atoms with E-state index in [9.17, 15) is 26.7 Å². The predicted molar refractivity (Wildman–Crippen MR) is 104 cm³/mol. The largest absolute Gasteiger partial charge is 0.420 e. The summed E-state index contributed by atoms with van der Waals surface area (Å²) < 4.78 is 70.4. The number of benzene rings is 2. The molecule has 150 valence electrons. The van der Waals surface area contributed by atoms with E-state index >= 15 is 0 Å². The van der Waals surface area contributed by atoms with E-state index in [1.807, 2.05) is 4.72 Å². The minimum absolute atomic E-state index is 0.200. The zero-order valence-corrected chi connectivity index (χ0v) is 17.6. The van der Waals surface area contributed by atoms with E-state index in [-0.39, 0.29) is 9.23 Å². The molecule has 3 rings (SSSR count). The van der Waals surface area contributed by atoms with Crippen LogP contribution in [0.2, 0.25) is 10.0 Å². The molecule has 2 N–H and O–H groups in total. The number of halogens is 4. The van der Waals surface area contributed by atoms with Crippen molar-refractivity contribution in [3.63, 3.8) is 0 Å². The molecule has 0 saturated heterocycles. The number of rotatable bonds is 6. The first kappa shape index (κ1) is 21.4. The third kappa shape index (κ3) is 4.65. The van der Waals surface area contributed by atoms with Crippen LogP contribution in [0, 0.1) is 11.6 Å². The lowest BCUT2D eigenvalue weighted by Crippen LogP contribution is -2.25. The number of hydrogen-bond donors (Lipinski definition) is 2. The molecule has 0 spiro atoms. The standard InChI is InChI=1S/C15H10Cl2F2NO5PS2/c16-10-2-3-11(17)15-9(10)6-14(27-15)28(23,24)20-7-26(21,22)25-13-5-8(18)1-4-12(13)19/h1-6,20H,7H2,(H,21,22). The van der Waals surface area contributed by atoms with Crippen molar-refractivity contribution in [3.8, 4) is 5.75 Å². The molecule has 1 atom stereocenters. The molecular formula is C15H10Cl2F2NO5PS2. The topological polar surface area (TPSA) is 92.7 Å². The number of nitrogens with one attached hydrogen (secondary N) is 1. The highest BCUT2D eigenvalue weighted by Gasteiger charge is 2.28. The van der Waals surface area contributed by atoms with Gasteiger partial charge >= 0.3 is 7.60 Å². The lowest BCUT2D eigenvalue weighted by Gasteiger charge is -2.14. The van der Waals surface area contributed by atoms with Crippen molar-refractivity contribution in [2.45, 2.75) is 4.21 Å². The molecule has 3 aromatic rings. The highest BCUT2D eigenvalue weighted by molar-refractivity contribution is 7.92. The second kappa shape index (κ2) is 7.87. The van der Waals surface area contributed by atoms with Crippen LogP contribution in [0.4, 0.5) is 8.78 Å². The van der Waals surface area contributed by atoms with E-state index < -0.39 is 41.3 Å². The minimum Gasteiger partial charge on any atom is -0.420 e. The van der Waals surface area contributed by atoms with Gasteiger partial charge in [0.05, 0.1) is 9.72 Å². The van der Waals surface area contributed by atoms with Gasteiger partial charge in [0, 0.05) is 16.5 Å². The summed E-state index contributed by atoms with van der Waals surface area (Å²) in [6, 6.07) is 6.36. The van der Waals surface area contributed by atoms with Crippen LogP contribution in [0.1, 0.15) is 0 Å². The number of thiophene rings is 1. The fourth-order valence-electron chi connectivity index (χ4n) is 2.14. The summed E-state index contributed by atoms with van der Waals surface area (Å²) in [5.74, 6) is -2.78. The fraction of sp³-hybridized carbons (Fsp3) is 0.0667. The Bertz CT molecular complexity index is 1180. The molecule has 0 bridgehead atoms. The summed E-state index contributed by atoms with van der Waals surface area (Å²) in [7, 11) is -8.90. The molecule has 0 fully saturated rings. The molecule has 28 heavy (non-hydrogen) atoms. The highest BCUT2D eigenvalue weighted by atomic mass is 35.5. The van der Waals surface area contributed by atoms with Gasteiger partial charge in [0.1, 0.15) is 16.3 Å². The Kier molecular flexibility index (Phi) is 6.03. The number of sulfonamides is 1. The highest BCUT2D eigenvalue weighted by Crippen LogP contribution is 2.43. The Morgan fingerprint density at radius 3 is 2.50 bits per heavy atom. The molecule has 0 saturated carbocycles. The molecule has 13 heteroatoms. The van der Waals surface area contributed by atoms with Crippen LogP contribution in [0.3, 0.4) is 0 Å². The van der Waals surface area contributed by atoms with Crippen LogP contribution in [0.5, 0.6) is 5.75 Å². The van der Waals surface area contributed by atoms with Gasteiger partial charge in [-0.25, -0.2) is 21.8 Å². The molecule has 1 unspecified atom stereocenters. The third-order valence-electron chi connectivity index (χ3n) is 3.41. The van der Waals surface area contributed by atoms with Gasteiger partial charge in [0.2, 0.25) is 0 Å². The van der Waals surface area contributed by atoms with Gasteiger partial charge in [-0.2, -0.15) is 4.72 Å². The van der Waals surface area contributed by atoms with Crippen LogP contribution in [0.25, 0.3) is 10.1 Å². The summed E-state index contributed by atoms with van der Waals surface area (Å²) in [6.07, 6.45) is -1.07. The number of fused-ring (bicyclic) bond motifs is 1. The second-order valence-corrected chi connectivity index (χ2v) is 11.1. The Hall–Kier alpha value is -1.26. The van der Waals surface area contributed by atoms with Crippen LogP contribution >= 0.6 is 42.1 Å². The summed E-state index contributed by atoms with van der Waals surface area (Å²) in [6.45, 7) is 0. The Morgan fingerprint density at radius 2 is 1.82 bits per heavy atom. The molecule has 0 radical (unpaired) electrons. The van der Waals surface area contributed by atoms with Gasteiger partial charge in [-0.1, -0.05) is 23.2 Å². The van der Waals surface area contributed by atoms with Crippen molar-refractivity contribution in [1.29, 1.82) is 0 Å². The molecular weight excluding hydrogens is 478 g/mol. The first-order valence-corrected chi connectivity index (χ1v) is 12.1. The SMILES string of the molecule is O=P(O)(CNS(=O)(=O)c1cc2c(Cl)ccc(Cl)c2s1)Oc1cc(F)ccc1F. The van der Waals surface area contributed by atoms with Crippen LogP contribution in [-0.2, 0) is 14.6 Å². The van der Waals surface area contributed by atoms with Crippen LogP contribution in [0.15, 0.2) is 40.6 Å². The van der Waals surface area contributed by atoms with Gasteiger partial charge in [0.15, 0.2) is 11.6 Å². The molecule has 1 heterocycles. The van der Waals surface area contributed by atoms with Gasteiger partial charge in [-0.3, -0.25) is 0 Å². The first-order valence-electron chi connectivity index (χ1n) is 7.32. The third-order valence-corrected chi connectivity index (χ3v) is 8.47. The summed E-state index contributed by atoms with van der Waals surface area (Å²) in [5, 5.41) is 0.989. The van der Waals surface area contributed by atoms with Crippen molar-refractivity contribution >= 4 is 62.2 Å². The maximum Gasteiger partial charge on any atom is 0.391 e. The fourth-order valence-corrected chi connectivity index (χ4v) is 6.63. The van der Waals surface area contributed by atoms with E-state index in [1.165, 1.54) is 18.2 Å². The van der Waals surface area contributed by atoms with Gasteiger partial charge < -0.3 is 9.42 Å². The van der Waals surface area contributed by atoms with Gasteiger partial charge in [-0.15, -0.1) is 11.3 Å². The lowest BCUT2D eigenvalue weighted by molar-refractivity contribution is 0.367. The maximum absolute atomic E-state index is 13.5. The maximum atomic E-state index is 13.5. The Balaban J connectivity index is 1.81. The predicted octanol–water partition coefficient (Wildman–Crippen LogP) is 4.99. The first-order chi connectivity index (χ1) is 13.0. The van der Waals surface area contributed by atoms with Crippen molar-refractivity contribution in [2.24, 2.45) is 0 Å². The molecule has 0 amide bonds. The van der Waals surface area contributed by atoms with E-state index in [4.69, 9.17) is 23.2 Å². The lowest BCUT2D eigenvalue weighted by atomic mass is 10.3. The zero-order valence-electron chi connectivity index (χ0n) is 13.5. The molecule has 1 aromatic heterocycles. The van der Waals surface area contributed by atoms with E-state index in [0.717, 1.165) is 17.4 Å². The Labute approximate surface area is 172 Å². The van der Waals surface area contributed by atoms with Crippen LogP contribution < -0.4 is 9.25 Å². The number of hydrogen-bond acceptors (Lipinski definition) is 5. The summed E-state index contributed by atoms with van der Waals surface area (Å²) >= 11 is 12.9. The normalized spacial score (nSPS) is 14.2. The van der Waals surface area contributed by atoms with Crippen LogP contribution in [-0.4, -0.2) is 19.6 Å². The average Bonchev–Trinajstić information content (AvgIpc) is 3.07. The van der Waals surface area contributed by atoms with Crippen molar-refractivity contribution in [2.75, 3.05) is 6.29 Å². The monoisotopic (exact) mass is 487 g/mol. The Morgan fingerprint density at radius 1 is 1.14 bits per heavy atom. The minimum atomic E-state index is -4.68. The zero-order chi connectivity index (χ0) is 20.7. The molecule has 0 aliphatic rings. The molecule has 0 aliphatic heterocycles. The van der Waals surface area contributed by atoms with E-state index in [2.05, 4.69) is 4.52 Å². The molecule has 6 nitrogen and oxygen atoms in total. The van der Waals surface area contributed by atoms with Crippen molar-refractivity contribution in [3.05, 3.63) is 58.1 Å². The van der Waals surface area contributed by atoms with E-state index in [1.54, 1.807) is 0 Å². The second-order valence-electron chi connectivity index (χ2n) is 5.45. The summed E-state index contributed by atoms with van der Waals surface area (Å²) in [4.78, 5) is 9.80. The van der Waals surface area contributed by atoms with Crippen molar-refractivity contribution < 1.29 is 31.2 Å². The van der Waals surface area contributed by atoms with Gasteiger partial charge in [-0.05, 0) is 30.3 Å². The average molecular weight is 488 g/mol. The van der Waals surface area contributed by atoms with Gasteiger partial charge in [0.25, 0.3) is 10.0 Å². The van der Waals surface area contributed by atoms with Crippen molar-refractivity contribution in [1.82, 2.24) is 4.72 Å². The molecule has 0 aliphatic carbocycles. The smallest absolute Gasteiger partial charge is 0.391 e. The van der Waals surface area contributed by atoms with E-state index in [0.29, 0.717) is 27.2 Å². The summed E-state index contributed by atoms with van der Waals surface area (Å²) in [5.41, 5.74) is 0. The quantitative estimate of drug-likeness (QED) is 0.478.